The van der Waals surface area contributed by atoms with Gasteiger partial charge in [-0.1, -0.05) is 19.8 Å². The van der Waals surface area contributed by atoms with Gasteiger partial charge in [-0.05, 0) is 6.42 Å². The Hall–Kier alpha value is -0.570. The Morgan fingerprint density at radius 2 is 2.10 bits per heavy atom. The monoisotopic (exact) mass is 145 g/mol. The van der Waals surface area contributed by atoms with Crippen LogP contribution in [0.4, 0.5) is 0 Å². The lowest BCUT2D eigenvalue weighted by atomic mass is 10.2. The lowest BCUT2D eigenvalue weighted by molar-refractivity contribution is -0.162. The Labute approximate surface area is 61.6 Å². The topological polar surface area (TPSA) is 40.5 Å². The average Bonchev–Trinajstić information content (AvgIpc) is 1.88. The van der Waals surface area contributed by atoms with Crippen molar-refractivity contribution in [3.8, 4) is 0 Å². The Balaban J connectivity index is 3.21. The molecule has 3 nitrogen and oxygen atoms in total. The summed E-state index contributed by atoms with van der Waals surface area (Å²) in [7, 11) is 0. The zero-order chi connectivity index (χ0) is 7.98. The number of amides is 1. The molecule has 0 aliphatic rings. The van der Waals surface area contributed by atoms with E-state index >= 15 is 0 Å². The lowest BCUT2D eigenvalue weighted by Crippen LogP contribution is -2.25. The maximum Gasteiger partial charge on any atom is 0.242 e. The number of hydrogen-bond acceptors (Lipinski definition) is 2. The molecule has 3 heteroatoms. The standard InChI is InChI=1S/C7H15NO2/c1-3-4-5-6-8(10)7(2)9/h10H,3-6H2,1-2H3. The van der Waals surface area contributed by atoms with Crippen molar-refractivity contribution in [1.82, 2.24) is 5.06 Å². The summed E-state index contributed by atoms with van der Waals surface area (Å²) in [5.74, 6) is -0.281. The van der Waals surface area contributed by atoms with Crippen molar-refractivity contribution in [3.63, 3.8) is 0 Å². The van der Waals surface area contributed by atoms with Gasteiger partial charge in [0.2, 0.25) is 5.91 Å². The molecular formula is C7H15NO2. The van der Waals surface area contributed by atoms with E-state index in [0.717, 1.165) is 24.3 Å². The molecule has 1 amide bonds. The van der Waals surface area contributed by atoms with Crippen molar-refractivity contribution >= 4 is 5.91 Å². The van der Waals surface area contributed by atoms with Crippen LogP contribution in [0.3, 0.4) is 0 Å². The van der Waals surface area contributed by atoms with Crippen molar-refractivity contribution in [2.75, 3.05) is 6.54 Å². The first-order valence-corrected chi connectivity index (χ1v) is 3.65. The van der Waals surface area contributed by atoms with E-state index in [2.05, 4.69) is 6.92 Å². The lowest BCUT2D eigenvalue weighted by Gasteiger charge is -2.10. The molecule has 0 aromatic rings. The molecular weight excluding hydrogens is 130 g/mol. The molecule has 0 unspecified atom stereocenters. The number of carbonyl (C=O) groups excluding carboxylic acids is 1. The van der Waals surface area contributed by atoms with Gasteiger partial charge in [-0.25, -0.2) is 5.06 Å². The summed E-state index contributed by atoms with van der Waals surface area (Å²) >= 11 is 0. The summed E-state index contributed by atoms with van der Waals surface area (Å²) in [6.45, 7) is 3.89. The van der Waals surface area contributed by atoms with Gasteiger partial charge in [0.05, 0.1) is 0 Å². The molecule has 0 aromatic heterocycles. The Bertz CT molecular complexity index is 104. The van der Waals surface area contributed by atoms with Crippen molar-refractivity contribution < 1.29 is 10.0 Å². The van der Waals surface area contributed by atoms with Gasteiger partial charge in [0, 0.05) is 13.5 Å². The van der Waals surface area contributed by atoms with Crippen LogP contribution in [0.25, 0.3) is 0 Å². The van der Waals surface area contributed by atoms with Crippen molar-refractivity contribution in [1.29, 1.82) is 0 Å². The third-order valence-corrected chi connectivity index (χ3v) is 1.34. The highest BCUT2D eigenvalue weighted by molar-refractivity contribution is 5.71. The minimum absolute atomic E-state index is 0.281. The normalized spacial score (nSPS) is 9.50. The van der Waals surface area contributed by atoms with Gasteiger partial charge >= 0.3 is 0 Å². The zero-order valence-electron chi connectivity index (χ0n) is 6.63. The molecule has 0 saturated carbocycles. The summed E-state index contributed by atoms with van der Waals surface area (Å²) in [5, 5.41) is 9.60. The van der Waals surface area contributed by atoms with Gasteiger partial charge in [-0.3, -0.25) is 10.0 Å². The second kappa shape index (κ2) is 5.23. The minimum Gasteiger partial charge on any atom is -0.286 e. The molecule has 0 bridgehead atoms. The van der Waals surface area contributed by atoms with Crippen molar-refractivity contribution in [3.05, 3.63) is 0 Å². The molecule has 0 rings (SSSR count). The van der Waals surface area contributed by atoms with Crippen LogP contribution in [-0.2, 0) is 4.79 Å². The maximum atomic E-state index is 10.4. The third-order valence-electron chi connectivity index (χ3n) is 1.34. The van der Waals surface area contributed by atoms with Crippen molar-refractivity contribution in [2.45, 2.75) is 33.1 Å². The van der Waals surface area contributed by atoms with Gasteiger partial charge in [-0.2, -0.15) is 0 Å². The smallest absolute Gasteiger partial charge is 0.242 e. The van der Waals surface area contributed by atoms with Crippen LogP contribution in [0, 0.1) is 0 Å². The van der Waals surface area contributed by atoms with Crippen LogP contribution in [-0.4, -0.2) is 22.7 Å². The Morgan fingerprint density at radius 1 is 1.50 bits per heavy atom. The molecule has 0 aromatic carbocycles. The molecule has 0 aliphatic carbocycles. The number of hydrogen-bond donors (Lipinski definition) is 1. The van der Waals surface area contributed by atoms with E-state index in [9.17, 15) is 4.79 Å². The molecule has 0 saturated heterocycles. The number of nitrogens with zero attached hydrogens (tertiary/aromatic N) is 1. The number of unbranched alkanes of at least 4 members (excludes halogenated alkanes) is 2. The molecule has 60 valence electrons. The average molecular weight is 145 g/mol. The van der Waals surface area contributed by atoms with Crippen molar-refractivity contribution in [2.24, 2.45) is 0 Å². The summed E-state index contributed by atoms with van der Waals surface area (Å²) in [6, 6.07) is 0. The van der Waals surface area contributed by atoms with Crippen LogP contribution in [0.5, 0.6) is 0 Å². The van der Waals surface area contributed by atoms with Crippen LogP contribution < -0.4 is 0 Å². The number of carbonyl (C=O) groups is 1. The van der Waals surface area contributed by atoms with Gasteiger partial charge in [0.15, 0.2) is 0 Å². The first-order valence-electron chi connectivity index (χ1n) is 3.65. The fourth-order valence-corrected chi connectivity index (χ4v) is 0.669. The predicted molar refractivity (Wildman–Crippen MR) is 38.7 cm³/mol. The van der Waals surface area contributed by atoms with Crippen LogP contribution in [0.15, 0.2) is 0 Å². The van der Waals surface area contributed by atoms with Gasteiger partial charge < -0.3 is 0 Å². The summed E-state index contributed by atoms with van der Waals surface area (Å²) in [4.78, 5) is 10.4. The maximum absolute atomic E-state index is 10.4. The van der Waals surface area contributed by atoms with E-state index in [-0.39, 0.29) is 5.91 Å². The van der Waals surface area contributed by atoms with E-state index in [0.29, 0.717) is 6.54 Å². The second-order valence-electron chi connectivity index (χ2n) is 2.35. The van der Waals surface area contributed by atoms with E-state index < -0.39 is 0 Å². The molecule has 1 N–H and O–H groups in total. The zero-order valence-corrected chi connectivity index (χ0v) is 6.63. The highest BCUT2D eigenvalue weighted by atomic mass is 16.5. The highest BCUT2D eigenvalue weighted by Crippen LogP contribution is 1.95. The molecule has 10 heavy (non-hydrogen) atoms. The SMILES string of the molecule is CCCCCN(O)C(C)=O. The van der Waals surface area contributed by atoms with Crippen LogP contribution in [0.1, 0.15) is 33.1 Å². The fraction of sp³-hybridized carbons (Fsp3) is 0.857. The first kappa shape index (κ1) is 9.43. The molecule has 0 aliphatic heterocycles. The molecule has 0 spiro atoms. The van der Waals surface area contributed by atoms with E-state index in [1.165, 1.54) is 6.92 Å². The largest absolute Gasteiger partial charge is 0.286 e. The minimum atomic E-state index is -0.281. The Morgan fingerprint density at radius 3 is 2.50 bits per heavy atom. The fourth-order valence-electron chi connectivity index (χ4n) is 0.669. The summed E-state index contributed by atoms with van der Waals surface area (Å²) < 4.78 is 0. The molecule has 0 atom stereocenters. The quantitative estimate of drug-likeness (QED) is 0.369. The summed E-state index contributed by atoms with van der Waals surface area (Å²) in [5.41, 5.74) is 0. The molecule has 0 heterocycles. The molecule has 0 fully saturated rings. The van der Waals surface area contributed by atoms with E-state index in [1.54, 1.807) is 0 Å². The number of hydroxylamine groups is 2. The van der Waals surface area contributed by atoms with Gasteiger partial charge in [0.25, 0.3) is 0 Å². The van der Waals surface area contributed by atoms with E-state index in [4.69, 9.17) is 5.21 Å². The highest BCUT2D eigenvalue weighted by Gasteiger charge is 2.01. The first-order chi connectivity index (χ1) is 4.68. The molecule has 0 radical (unpaired) electrons. The second-order valence-corrected chi connectivity index (χ2v) is 2.35. The van der Waals surface area contributed by atoms with Gasteiger partial charge in [-0.15, -0.1) is 0 Å². The van der Waals surface area contributed by atoms with Crippen LogP contribution in [0.2, 0.25) is 0 Å². The Kier molecular flexibility index (Phi) is 4.94. The summed E-state index contributed by atoms with van der Waals surface area (Å²) in [6.07, 6.45) is 3.04. The predicted octanol–water partition coefficient (Wildman–Crippen LogP) is 1.41. The van der Waals surface area contributed by atoms with E-state index in [1.807, 2.05) is 0 Å². The van der Waals surface area contributed by atoms with Gasteiger partial charge in [0.1, 0.15) is 0 Å². The number of rotatable bonds is 4. The third kappa shape index (κ3) is 4.32. The van der Waals surface area contributed by atoms with Crippen LogP contribution >= 0.6 is 0 Å².